The van der Waals surface area contributed by atoms with Crippen LogP contribution >= 0.6 is 0 Å². The molecule has 3 atom stereocenters. The summed E-state index contributed by atoms with van der Waals surface area (Å²) < 4.78 is 0.958. The summed E-state index contributed by atoms with van der Waals surface area (Å²) in [5.41, 5.74) is -0.832. The lowest BCUT2D eigenvalue weighted by molar-refractivity contribution is -0.923. The lowest BCUT2D eigenvalue weighted by atomic mass is 9.78. The summed E-state index contributed by atoms with van der Waals surface area (Å²) in [5.74, 6) is 5.94. The molecule has 0 amide bonds. The molecule has 0 spiro atoms. The van der Waals surface area contributed by atoms with E-state index in [4.69, 9.17) is 0 Å². The molecule has 1 saturated heterocycles. The second kappa shape index (κ2) is 4.00. The Morgan fingerprint density at radius 2 is 2.07 bits per heavy atom. The third kappa shape index (κ3) is 2.42. The number of nitrogens with zero attached hydrogens (tertiary/aromatic N) is 1. The standard InChI is InChI=1S/C13H22NO/c1-6-7-8-13(15)9-12(3)14(4,5)10-11(13)2/h6,11-12,15H,1,9-10H2,2-5H3/q+1/t11-,12+,13+/m1/s1. The summed E-state index contributed by atoms with van der Waals surface area (Å²) in [6.07, 6.45) is 2.28. The minimum Gasteiger partial charge on any atom is -0.377 e. The molecular formula is C13H22NO+. The van der Waals surface area contributed by atoms with Crippen molar-refractivity contribution in [3.63, 3.8) is 0 Å². The highest BCUT2D eigenvalue weighted by atomic mass is 16.3. The second-order valence-electron chi connectivity index (χ2n) is 5.31. The van der Waals surface area contributed by atoms with Gasteiger partial charge >= 0.3 is 0 Å². The van der Waals surface area contributed by atoms with Crippen LogP contribution in [0.4, 0.5) is 0 Å². The van der Waals surface area contributed by atoms with E-state index < -0.39 is 5.60 Å². The smallest absolute Gasteiger partial charge is 0.139 e. The fraction of sp³-hybridized carbons (Fsp3) is 0.692. The zero-order chi connectivity index (χ0) is 11.7. The molecule has 0 aromatic carbocycles. The van der Waals surface area contributed by atoms with Crippen LogP contribution in [0.1, 0.15) is 20.3 Å². The van der Waals surface area contributed by atoms with Gasteiger partial charge in [-0.05, 0) is 13.0 Å². The van der Waals surface area contributed by atoms with Gasteiger partial charge in [0.1, 0.15) is 5.60 Å². The third-order valence-electron chi connectivity index (χ3n) is 3.75. The zero-order valence-corrected chi connectivity index (χ0v) is 10.2. The highest BCUT2D eigenvalue weighted by molar-refractivity contribution is 5.22. The van der Waals surface area contributed by atoms with Crippen molar-refractivity contribution in [2.75, 3.05) is 20.6 Å². The maximum absolute atomic E-state index is 10.4. The van der Waals surface area contributed by atoms with Gasteiger partial charge in [-0.2, -0.15) is 0 Å². The van der Waals surface area contributed by atoms with E-state index in [1.807, 2.05) is 0 Å². The summed E-state index contributed by atoms with van der Waals surface area (Å²) in [7, 11) is 4.42. The van der Waals surface area contributed by atoms with Gasteiger partial charge in [0.2, 0.25) is 0 Å². The molecule has 1 N–H and O–H groups in total. The first-order chi connectivity index (χ1) is 6.82. The lowest BCUT2D eigenvalue weighted by Gasteiger charge is -2.48. The molecule has 0 aromatic rings. The van der Waals surface area contributed by atoms with E-state index >= 15 is 0 Å². The predicted molar refractivity (Wildman–Crippen MR) is 63.1 cm³/mol. The molecule has 1 aliphatic rings. The first kappa shape index (κ1) is 12.3. The first-order valence-electron chi connectivity index (χ1n) is 5.50. The van der Waals surface area contributed by atoms with E-state index in [-0.39, 0.29) is 5.92 Å². The van der Waals surface area contributed by atoms with Gasteiger partial charge in [-0.15, -0.1) is 0 Å². The molecule has 1 heterocycles. The number of likely N-dealkylation sites (tertiary alicyclic amines) is 1. The molecular weight excluding hydrogens is 186 g/mol. The van der Waals surface area contributed by atoms with Crippen molar-refractivity contribution in [3.05, 3.63) is 12.7 Å². The maximum Gasteiger partial charge on any atom is 0.139 e. The highest BCUT2D eigenvalue weighted by Gasteiger charge is 2.46. The number of allylic oxidation sites excluding steroid dienone is 1. The van der Waals surface area contributed by atoms with Gasteiger partial charge in [0, 0.05) is 12.3 Å². The zero-order valence-electron chi connectivity index (χ0n) is 10.2. The van der Waals surface area contributed by atoms with E-state index in [0.717, 1.165) is 17.4 Å². The molecule has 1 rings (SSSR count). The lowest BCUT2D eigenvalue weighted by Crippen LogP contribution is -2.61. The summed E-state index contributed by atoms with van der Waals surface area (Å²) in [6.45, 7) is 8.77. The Bertz CT molecular complexity index is 310. The van der Waals surface area contributed by atoms with Crippen LogP contribution in [-0.4, -0.2) is 41.9 Å². The SMILES string of the molecule is C=CC#C[C@]1(O)C[C@H](C)[N+](C)(C)C[C@H]1C. The number of hydrogen-bond acceptors (Lipinski definition) is 1. The Morgan fingerprint density at radius 3 is 2.60 bits per heavy atom. The molecule has 0 bridgehead atoms. The molecule has 0 radical (unpaired) electrons. The van der Waals surface area contributed by atoms with E-state index in [9.17, 15) is 5.11 Å². The van der Waals surface area contributed by atoms with Crippen LogP contribution in [0.25, 0.3) is 0 Å². The van der Waals surface area contributed by atoms with Crippen LogP contribution in [0.5, 0.6) is 0 Å². The normalized spacial score (nSPS) is 39.0. The molecule has 0 aliphatic carbocycles. The minimum atomic E-state index is -0.832. The molecule has 1 fully saturated rings. The van der Waals surface area contributed by atoms with Gasteiger partial charge in [-0.1, -0.05) is 25.3 Å². The second-order valence-corrected chi connectivity index (χ2v) is 5.31. The Kier molecular flexibility index (Phi) is 3.28. The predicted octanol–water partition coefficient (Wildman–Crippen LogP) is 1.41. The summed E-state index contributed by atoms with van der Waals surface area (Å²) >= 11 is 0. The average Bonchev–Trinajstić information content (AvgIpc) is 2.12. The van der Waals surface area contributed by atoms with Crippen molar-refractivity contribution >= 4 is 0 Å². The molecule has 84 valence electrons. The van der Waals surface area contributed by atoms with Gasteiger partial charge in [0.15, 0.2) is 0 Å². The summed E-state index contributed by atoms with van der Waals surface area (Å²) in [5, 5.41) is 10.4. The number of hydrogen-bond donors (Lipinski definition) is 1. The average molecular weight is 208 g/mol. The van der Waals surface area contributed by atoms with E-state index in [2.05, 4.69) is 46.4 Å². The monoisotopic (exact) mass is 208 g/mol. The van der Waals surface area contributed by atoms with Gasteiger partial charge in [0.05, 0.1) is 26.7 Å². The van der Waals surface area contributed by atoms with Gasteiger partial charge in [-0.3, -0.25) is 0 Å². The Balaban J connectivity index is 2.91. The van der Waals surface area contributed by atoms with Crippen LogP contribution in [0, 0.1) is 17.8 Å². The van der Waals surface area contributed by atoms with Crippen LogP contribution in [0.3, 0.4) is 0 Å². The number of piperidine rings is 1. The van der Waals surface area contributed by atoms with Crippen LogP contribution in [0.15, 0.2) is 12.7 Å². The first-order valence-corrected chi connectivity index (χ1v) is 5.50. The van der Waals surface area contributed by atoms with Gasteiger partial charge in [0.25, 0.3) is 0 Å². The van der Waals surface area contributed by atoms with Crippen molar-refractivity contribution < 1.29 is 9.59 Å². The summed E-state index contributed by atoms with van der Waals surface area (Å²) in [6, 6.07) is 0.435. The molecule has 0 unspecified atom stereocenters. The Hall–Kier alpha value is -0.780. The largest absolute Gasteiger partial charge is 0.377 e. The molecule has 2 nitrogen and oxygen atoms in total. The van der Waals surface area contributed by atoms with E-state index in [0.29, 0.717) is 6.04 Å². The molecule has 1 aliphatic heterocycles. The fourth-order valence-electron chi connectivity index (χ4n) is 2.29. The molecule has 15 heavy (non-hydrogen) atoms. The van der Waals surface area contributed by atoms with Crippen molar-refractivity contribution in [2.24, 2.45) is 5.92 Å². The van der Waals surface area contributed by atoms with E-state index in [1.165, 1.54) is 0 Å². The van der Waals surface area contributed by atoms with Crippen molar-refractivity contribution in [1.29, 1.82) is 0 Å². The molecule has 0 aromatic heterocycles. The topological polar surface area (TPSA) is 20.2 Å². The van der Waals surface area contributed by atoms with Crippen LogP contribution in [-0.2, 0) is 0 Å². The fourth-order valence-corrected chi connectivity index (χ4v) is 2.29. The summed E-state index contributed by atoms with van der Waals surface area (Å²) in [4.78, 5) is 0. The minimum absolute atomic E-state index is 0.205. The molecule has 2 heteroatoms. The van der Waals surface area contributed by atoms with Crippen LogP contribution in [0.2, 0.25) is 0 Å². The Morgan fingerprint density at radius 1 is 1.47 bits per heavy atom. The van der Waals surface area contributed by atoms with Gasteiger partial charge < -0.3 is 9.59 Å². The third-order valence-corrected chi connectivity index (χ3v) is 3.75. The quantitative estimate of drug-likeness (QED) is 0.471. The van der Waals surface area contributed by atoms with Crippen LogP contribution < -0.4 is 0 Å². The maximum atomic E-state index is 10.4. The van der Waals surface area contributed by atoms with Crippen molar-refractivity contribution in [1.82, 2.24) is 0 Å². The number of rotatable bonds is 0. The Labute approximate surface area is 93.2 Å². The number of aliphatic hydroxyl groups is 1. The van der Waals surface area contributed by atoms with E-state index in [1.54, 1.807) is 6.08 Å². The molecule has 0 saturated carbocycles. The van der Waals surface area contributed by atoms with Crippen molar-refractivity contribution in [3.8, 4) is 11.8 Å². The van der Waals surface area contributed by atoms with Gasteiger partial charge in [-0.25, -0.2) is 0 Å². The highest BCUT2D eigenvalue weighted by Crippen LogP contribution is 2.33. The number of quaternary nitrogens is 1. The van der Waals surface area contributed by atoms with Crippen molar-refractivity contribution in [2.45, 2.75) is 31.9 Å².